The van der Waals surface area contributed by atoms with Crippen molar-refractivity contribution in [1.82, 2.24) is 10.2 Å². The molecule has 3 unspecified atom stereocenters. The van der Waals surface area contributed by atoms with Gasteiger partial charge in [0.15, 0.2) is 11.5 Å². The number of aldehydes is 1. The predicted octanol–water partition coefficient (Wildman–Crippen LogP) is 3.98. The number of methoxy groups -OCH3 is 1. The molecule has 14 heteroatoms. The summed E-state index contributed by atoms with van der Waals surface area (Å²) >= 11 is 1.93. The van der Waals surface area contributed by atoms with Gasteiger partial charge in [0.05, 0.1) is 41.4 Å². The Hall–Kier alpha value is -3.89. The quantitative estimate of drug-likeness (QED) is 0.199. The van der Waals surface area contributed by atoms with Gasteiger partial charge in [0.1, 0.15) is 18.5 Å². The Morgan fingerprint density at radius 2 is 1.93 bits per heavy atom. The third kappa shape index (κ3) is 7.60. The maximum atomic E-state index is 13.9. The number of nitrogens with zero attached hydrogens (tertiary/aromatic N) is 1. The molecule has 234 valence electrons. The molecule has 1 aromatic heterocycles. The summed E-state index contributed by atoms with van der Waals surface area (Å²) in [6, 6.07) is 7.12. The van der Waals surface area contributed by atoms with Gasteiger partial charge < -0.3 is 34.3 Å². The van der Waals surface area contributed by atoms with Crippen molar-refractivity contribution >= 4 is 40.7 Å². The Balaban J connectivity index is 1.76. The van der Waals surface area contributed by atoms with Gasteiger partial charge in [-0.1, -0.05) is 0 Å². The Bertz CT molecular complexity index is 1510. The second-order valence-electron chi connectivity index (χ2n) is 9.81. The predicted molar refractivity (Wildman–Crippen MR) is 158 cm³/mol. The van der Waals surface area contributed by atoms with E-state index in [4.69, 9.17) is 13.9 Å². The highest BCUT2D eigenvalue weighted by atomic mass is 127. The normalized spacial score (nSPS) is 18.2. The second kappa shape index (κ2) is 14.3. The summed E-state index contributed by atoms with van der Waals surface area (Å²) in [6.45, 7) is -0.509. The Morgan fingerprint density at radius 3 is 2.52 bits per heavy atom. The number of nitrogens with one attached hydrogen (secondary N) is 1. The number of halogens is 4. The molecular formula is C30H28F3IN2O8. The minimum absolute atomic E-state index is 0.0585. The van der Waals surface area contributed by atoms with Crippen molar-refractivity contribution < 1.29 is 51.7 Å². The number of hydrogen-bond donors (Lipinski definition) is 3. The van der Waals surface area contributed by atoms with Crippen LogP contribution in [0.15, 0.2) is 71.1 Å². The third-order valence-corrected chi connectivity index (χ3v) is 7.71. The molecule has 4 rings (SSSR count). The van der Waals surface area contributed by atoms with Gasteiger partial charge >= 0.3 is 6.18 Å². The average molecular weight is 728 g/mol. The van der Waals surface area contributed by atoms with Crippen LogP contribution in [0.4, 0.5) is 13.2 Å². The fourth-order valence-electron chi connectivity index (χ4n) is 4.72. The molecule has 1 aliphatic carbocycles. The van der Waals surface area contributed by atoms with E-state index >= 15 is 0 Å². The van der Waals surface area contributed by atoms with Gasteiger partial charge in [0, 0.05) is 41.8 Å². The maximum absolute atomic E-state index is 13.9. The summed E-state index contributed by atoms with van der Waals surface area (Å²) in [4.78, 5) is 39.6. The van der Waals surface area contributed by atoms with E-state index in [9.17, 15) is 37.8 Å². The molecule has 3 aromatic rings. The Kier molecular flexibility index (Phi) is 10.7. The molecule has 44 heavy (non-hydrogen) atoms. The zero-order chi connectivity index (χ0) is 32.0. The van der Waals surface area contributed by atoms with Crippen molar-refractivity contribution in [1.29, 1.82) is 0 Å². The van der Waals surface area contributed by atoms with E-state index in [0.29, 0.717) is 21.0 Å². The van der Waals surface area contributed by atoms with Crippen LogP contribution < -0.4 is 14.8 Å². The molecule has 1 heterocycles. The molecule has 10 nitrogen and oxygen atoms in total. The first kappa shape index (κ1) is 33.0. The summed E-state index contributed by atoms with van der Waals surface area (Å²) in [7, 11) is 1.37. The number of benzene rings is 2. The Morgan fingerprint density at radius 1 is 1.20 bits per heavy atom. The summed E-state index contributed by atoms with van der Waals surface area (Å²) in [5.74, 6) is -0.927. The van der Waals surface area contributed by atoms with Crippen LogP contribution >= 0.6 is 22.6 Å². The van der Waals surface area contributed by atoms with Crippen LogP contribution in [-0.4, -0.2) is 71.7 Å². The van der Waals surface area contributed by atoms with Crippen molar-refractivity contribution in [3.05, 3.63) is 92.5 Å². The van der Waals surface area contributed by atoms with E-state index in [1.54, 1.807) is 6.07 Å². The van der Waals surface area contributed by atoms with Crippen LogP contribution in [0, 0.1) is 3.57 Å². The monoisotopic (exact) mass is 728 g/mol. The van der Waals surface area contributed by atoms with Gasteiger partial charge in [-0.2, -0.15) is 13.2 Å². The van der Waals surface area contributed by atoms with Gasteiger partial charge in [-0.05, 0) is 71.1 Å². The van der Waals surface area contributed by atoms with E-state index < -0.39 is 41.8 Å². The number of carbonyl (C=O) groups is 3. The standard InChI is InChI=1S/C30H28F3IN2O8/c1-42-25-11-18(15-38)10-22(34)27(25)44-24-13-20(28(40)35-7-8-37)12-23(26(24)39)36(14-17-6-9-43-16-17)29(41)19-2-4-21(5-3-19)30(31,32)33/h2-6,9-11,13,15-16,23-24,26,37,39H,7-8,12,14H2,1H3,(H,35,40). The smallest absolute Gasteiger partial charge is 0.416 e. The van der Waals surface area contributed by atoms with Crippen molar-refractivity contribution in [2.75, 3.05) is 20.3 Å². The average Bonchev–Trinajstić information content (AvgIpc) is 3.53. The summed E-state index contributed by atoms with van der Waals surface area (Å²) in [5.41, 5.74) is -0.0380. The van der Waals surface area contributed by atoms with E-state index in [1.165, 1.54) is 42.7 Å². The molecule has 0 fully saturated rings. The molecule has 3 atom stereocenters. The topological polar surface area (TPSA) is 139 Å². The minimum atomic E-state index is -4.60. The number of aliphatic hydroxyl groups excluding tert-OH is 2. The fraction of sp³-hybridized carbons (Fsp3) is 0.300. The van der Waals surface area contributed by atoms with Gasteiger partial charge in [0.25, 0.3) is 5.91 Å². The van der Waals surface area contributed by atoms with Gasteiger partial charge in [-0.15, -0.1) is 0 Å². The molecular weight excluding hydrogens is 700 g/mol. The summed E-state index contributed by atoms with van der Waals surface area (Å²) in [6.07, 6.45) is -2.64. The first-order chi connectivity index (χ1) is 21.0. The van der Waals surface area contributed by atoms with Crippen molar-refractivity contribution in [2.45, 2.75) is 37.4 Å². The summed E-state index contributed by atoms with van der Waals surface area (Å²) < 4.78 is 56.7. The minimum Gasteiger partial charge on any atom is -0.493 e. The zero-order valence-corrected chi connectivity index (χ0v) is 25.4. The van der Waals surface area contributed by atoms with E-state index in [0.717, 1.165) is 24.3 Å². The first-order valence-corrected chi connectivity index (χ1v) is 14.3. The highest BCUT2D eigenvalue weighted by Crippen LogP contribution is 2.37. The van der Waals surface area contributed by atoms with Crippen LogP contribution in [0.1, 0.15) is 38.3 Å². The van der Waals surface area contributed by atoms with Gasteiger partial charge in [-0.25, -0.2) is 0 Å². The van der Waals surface area contributed by atoms with Crippen LogP contribution in [-0.2, 0) is 17.5 Å². The van der Waals surface area contributed by atoms with E-state index in [-0.39, 0.29) is 48.8 Å². The molecule has 0 radical (unpaired) electrons. The highest BCUT2D eigenvalue weighted by Gasteiger charge is 2.41. The van der Waals surface area contributed by atoms with Crippen molar-refractivity contribution in [3.63, 3.8) is 0 Å². The van der Waals surface area contributed by atoms with E-state index in [2.05, 4.69) is 5.32 Å². The third-order valence-electron chi connectivity index (χ3n) is 6.91. The number of alkyl halides is 3. The fourth-order valence-corrected chi connectivity index (χ4v) is 5.48. The number of carbonyl (C=O) groups excluding carboxylic acids is 3. The molecule has 0 saturated carbocycles. The number of amides is 2. The molecule has 3 N–H and O–H groups in total. The lowest BCUT2D eigenvalue weighted by Gasteiger charge is -2.40. The van der Waals surface area contributed by atoms with Crippen LogP contribution in [0.5, 0.6) is 11.5 Å². The highest BCUT2D eigenvalue weighted by molar-refractivity contribution is 14.1. The number of rotatable bonds is 11. The largest absolute Gasteiger partial charge is 0.493 e. The lowest BCUT2D eigenvalue weighted by molar-refractivity contribution is -0.137. The molecule has 0 bridgehead atoms. The van der Waals surface area contributed by atoms with Crippen molar-refractivity contribution in [2.24, 2.45) is 0 Å². The SMILES string of the molecule is COc1cc(C=O)cc(I)c1OC1C=C(C(=O)NCCO)CC(N(Cc2ccoc2)C(=O)c2ccc(C(F)(F)F)cc2)C1O. The molecule has 2 amide bonds. The Labute approximate surface area is 263 Å². The summed E-state index contributed by atoms with van der Waals surface area (Å²) in [5, 5.41) is 23.4. The van der Waals surface area contributed by atoms with Crippen LogP contribution in [0.2, 0.25) is 0 Å². The number of hydrogen-bond acceptors (Lipinski definition) is 8. The van der Waals surface area contributed by atoms with Crippen LogP contribution in [0.3, 0.4) is 0 Å². The molecule has 1 aliphatic rings. The lowest BCUT2D eigenvalue weighted by atomic mass is 9.87. The van der Waals surface area contributed by atoms with E-state index in [1.807, 2.05) is 22.6 Å². The van der Waals surface area contributed by atoms with Crippen molar-refractivity contribution in [3.8, 4) is 11.5 Å². The van der Waals surface area contributed by atoms with Gasteiger partial charge in [0.2, 0.25) is 5.91 Å². The number of aliphatic hydroxyl groups is 2. The zero-order valence-electron chi connectivity index (χ0n) is 23.2. The second-order valence-corrected chi connectivity index (χ2v) is 11.0. The number of furan rings is 1. The molecule has 0 spiro atoms. The maximum Gasteiger partial charge on any atom is 0.416 e. The molecule has 2 aromatic carbocycles. The van der Waals surface area contributed by atoms with Crippen LogP contribution in [0.25, 0.3) is 0 Å². The molecule has 0 aliphatic heterocycles. The van der Waals surface area contributed by atoms with Gasteiger partial charge in [-0.3, -0.25) is 14.4 Å². The lowest BCUT2D eigenvalue weighted by Crippen LogP contribution is -2.54. The first-order valence-electron chi connectivity index (χ1n) is 13.2. The number of ether oxygens (including phenoxy) is 2. The molecule has 0 saturated heterocycles.